The first-order valence-corrected chi connectivity index (χ1v) is 7.92. The van der Waals surface area contributed by atoms with Crippen molar-refractivity contribution in [3.63, 3.8) is 0 Å². The van der Waals surface area contributed by atoms with E-state index in [0.29, 0.717) is 5.75 Å². The molecule has 0 spiro atoms. The Morgan fingerprint density at radius 1 is 1.25 bits per heavy atom. The summed E-state index contributed by atoms with van der Waals surface area (Å²) in [6.07, 6.45) is 2.05. The molecule has 1 aromatic rings. The average molecular weight is 294 g/mol. The third-order valence-corrected chi connectivity index (χ3v) is 4.10. The minimum Gasteiger partial charge on any atom is -0.490 e. The maximum atomic E-state index is 12.0. The predicted molar refractivity (Wildman–Crippen MR) is 78.4 cm³/mol. The second kappa shape index (κ2) is 7.33. The predicted octanol–water partition coefficient (Wildman–Crippen LogP) is 2.71. The van der Waals surface area contributed by atoms with Crippen LogP contribution in [0.5, 0.6) is 5.75 Å². The molecule has 0 N–H and O–H groups in total. The number of rotatable bonds is 5. The van der Waals surface area contributed by atoms with Crippen LogP contribution in [0.15, 0.2) is 24.3 Å². The Kier molecular flexibility index (Phi) is 5.47. The van der Waals surface area contributed by atoms with Crippen molar-refractivity contribution in [1.29, 1.82) is 0 Å². The number of Topliss-reactive ketones (excluding diaryl/α,β-unsaturated/α-hetero) is 1. The largest absolute Gasteiger partial charge is 0.490 e. The van der Waals surface area contributed by atoms with Crippen molar-refractivity contribution in [2.45, 2.75) is 25.9 Å². The van der Waals surface area contributed by atoms with E-state index < -0.39 is 11.8 Å². The van der Waals surface area contributed by atoms with Crippen molar-refractivity contribution in [3.8, 4) is 5.75 Å². The van der Waals surface area contributed by atoms with Gasteiger partial charge in [-0.1, -0.05) is 12.1 Å². The first-order valence-electron chi connectivity index (χ1n) is 6.77. The van der Waals surface area contributed by atoms with Gasteiger partial charge in [0.2, 0.25) is 0 Å². The van der Waals surface area contributed by atoms with Crippen LogP contribution in [0.3, 0.4) is 0 Å². The summed E-state index contributed by atoms with van der Waals surface area (Å²) in [4.78, 5) is 23.6. The second-order valence-electron chi connectivity index (χ2n) is 4.48. The summed E-state index contributed by atoms with van der Waals surface area (Å²) in [5.41, 5.74) is 0.282. The number of carbonyl (C=O) groups excluding carboxylic acids is 2. The minimum atomic E-state index is -0.831. The summed E-state index contributed by atoms with van der Waals surface area (Å²) in [5.74, 6) is 1.13. The molecule has 0 unspecified atom stereocenters. The lowest BCUT2D eigenvalue weighted by molar-refractivity contribution is -0.137. The zero-order chi connectivity index (χ0) is 14.4. The first kappa shape index (κ1) is 14.9. The smallest absolute Gasteiger partial charge is 0.379 e. The summed E-state index contributed by atoms with van der Waals surface area (Å²) in [5, 5.41) is 0. The standard InChI is InChI=1S/C15H18O4S/c1-2-18-15(17)14(16)12-5-3-4-6-13(12)19-11-7-9-20-10-8-11/h3-6,11H,2,7-10H2,1H3. The van der Waals surface area contributed by atoms with Gasteiger partial charge in [-0.2, -0.15) is 11.8 Å². The summed E-state index contributed by atoms with van der Waals surface area (Å²) in [6, 6.07) is 6.85. The fraction of sp³-hybridized carbons (Fsp3) is 0.467. The van der Waals surface area contributed by atoms with Crippen LogP contribution in [0.1, 0.15) is 30.1 Å². The van der Waals surface area contributed by atoms with E-state index in [1.54, 1.807) is 31.2 Å². The van der Waals surface area contributed by atoms with E-state index in [2.05, 4.69) is 0 Å². The molecule has 0 aliphatic carbocycles. The molecule has 20 heavy (non-hydrogen) atoms. The number of carbonyl (C=O) groups is 2. The van der Waals surface area contributed by atoms with Gasteiger partial charge in [-0.25, -0.2) is 4.79 Å². The molecule has 1 saturated heterocycles. The van der Waals surface area contributed by atoms with Crippen LogP contribution in [0.4, 0.5) is 0 Å². The first-order chi connectivity index (χ1) is 9.72. The number of para-hydroxylation sites is 1. The molecule has 5 heteroatoms. The molecule has 0 aromatic heterocycles. The van der Waals surface area contributed by atoms with E-state index in [-0.39, 0.29) is 18.3 Å². The number of hydrogen-bond donors (Lipinski definition) is 0. The molecular formula is C15H18O4S. The van der Waals surface area contributed by atoms with Gasteiger partial charge >= 0.3 is 5.97 Å². The van der Waals surface area contributed by atoms with E-state index in [1.807, 2.05) is 11.8 Å². The van der Waals surface area contributed by atoms with E-state index in [9.17, 15) is 9.59 Å². The van der Waals surface area contributed by atoms with Crippen LogP contribution >= 0.6 is 11.8 Å². The number of thioether (sulfide) groups is 1. The summed E-state index contributed by atoms with van der Waals surface area (Å²) in [6.45, 7) is 1.86. The van der Waals surface area contributed by atoms with Gasteiger partial charge < -0.3 is 9.47 Å². The topological polar surface area (TPSA) is 52.6 Å². The molecule has 1 heterocycles. The van der Waals surface area contributed by atoms with Crippen molar-refractivity contribution in [2.75, 3.05) is 18.1 Å². The van der Waals surface area contributed by atoms with Gasteiger partial charge in [0.15, 0.2) is 0 Å². The Hall–Kier alpha value is -1.49. The summed E-state index contributed by atoms with van der Waals surface area (Å²) in [7, 11) is 0. The number of hydrogen-bond acceptors (Lipinski definition) is 5. The molecule has 0 bridgehead atoms. The van der Waals surface area contributed by atoms with Crippen LogP contribution in [0.2, 0.25) is 0 Å². The fourth-order valence-corrected chi connectivity index (χ4v) is 3.10. The van der Waals surface area contributed by atoms with Gasteiger partial charge in [-0.15, -0.1) is 0 Å². The highest BCUT2D eigenvalue weighted by atomic mass is 32.2. The lowest BCUT2D eigenvalue weighted by Crippen LogP contribution is -2.24. The lowest BCUT2D eigenvalue weighted by atomic mass is 10.1. The molecule has 0 saturated carbocycles. The molecule has 1 aliphatic rings. The van der Waals surface area contributed by atoms with E-state index in [0.717, 1.165) is 24.3 Å². The van der Waals surface area contributed by atoms with Gasteiger partial charge in [0.1, 0.15) is 11.9 Å². The Morgan fingerprint density at radius 2 is 1.95 bits per heavy atom. The zero-order valence-electron chi connectivity index (χ0n) is 11.5. The van der Waals surface area contributed by atoms with Gasteiger partial charge in [-0.05, 0) is 43.4 Å². The number of benzene rings is 1. The molecule has 4 nitrogen and oxygen atoms in total. The molecule has 1 fully saturated rings. The van der Waals surface area contributed by atoms with Crippen molar-refractivity contribution in [2.24, 2.45) is 0 Å². The normalized spacial score (nSPS) is 15.7. The molecule has 0 radical (unpaired) electrons. The Bertz CT molecular complexity index is 481. The van der Waals surface area contributed by atoms with E-state index in [1.165, 1.54) is 0 Å². The lowest BCUT2D eigenvalue weighted by Gasteiger charge is -2.23. The SMILES string of the molecule is CCOC(=O)C(=O)c1ccccc1OC1CCSCC1. The van der Waals surface area contributed by atoms with Crippen LogP contribution in [0, 0.1) is 0 Å². The molecule has 1 aliphatic heterocycles. The van der Waals surface area contributed by atoms with Gasteiger partial charge in [-0.3, -0.25) is 4.79 Å². The van der Waals surface area contributed by atoms with Crippen LogP contribution in [-0.4, -0.2) is 36.0 Å². The van der Waals surface area contributed by atoms with Crippen molar-refractivity contribution >= 4 is 23.5 Å². The Labute approximate surface area is 122 Å². The van der Waals surface area contributed by atoms with Crippen LogP contribution < -0.4 is 4.74 Å². The molecule has 1 aromatic carbocycles. The van der Waals surface area contributed by atoms with Crippen LogP contribution in [0.25, 0.3) is 0 Å². The van der Waals surface area contributed by atoms with E-state index >= 15 is 0 Å². The molecule has 108 valence electrons. The average Bonchev–Trinajstić information content (AvgIpc) is 2.48. The molecular weight excluding hydrogens is 276 g/mol. The highest BCUT2D eigenvalue weighted by Crippen LogP contribution is 2.25. The maximum absolute atomic E-state index is 12.0. The monoisotopic (exact) mass is 294 g/mol. The van der Waals surface area contributed by atoms with Gasteiger partial charge in [0.05, 0.1) is 12.2 Å². The van der Waals surface area contributed by atoms with Crippen molar-refractivity contribution in [1.82, 2.24) is 0 Å². The molecule has 2 rings (SSSR count). The van der Waals surface area contributed by atoms with Gasteiger partial charge in [0.25, 0.3) is 5.78 Å². The van der Waals surface area contributed by atoms with Crippen molar-refractivity contribution < 1.29 is 19.1 Å². The highest BCUT2D eigenvalue weighted by molar-refractivity contribution is 7.99. The number of esters is 1. The number of ether oxygens (including phenoxy) is 2. The quantitative estimate of drug-likeness (QED) is 0.475. The summed E-state index contributed by atoms with van der Waals surface area (Å²) >= 11 is 1.91. The minimum absolute atomic E-state index is 0.118. The third kappa shape index (κ3) is 3.76. The van der Waals surface area contributed by atoms with Crippen LogP contribution in [-0.2, 0) is 9.53 Å². The third-order valence-electron chi connectivity index (χ3n) is 3.05. The highest BCUT2D eigenvalue weighted by Gasteiger charge is 2.23. The molecule has 0 amide bonds. The fourth-order valence-electron chi connectivity index (χ4n) is 2.04. The van der Waals surface area contributed by atoms with Crippen molar-refractivity contribution in [3.05, 3.63) is 29.8 Å². The summed E-state index contributed by atoms with van der Waals surface area (Å²) < 4.78 is 10.6. The molecule has 0 atom stereocenters. The maximum Gasteiger partial charge on any atom is 0.379 e. The number of ketones is 1. The second-order valence-corrected chi connectivity index (χ2v) is 5.70. The zero-order valence-corrected chi connectivity index (χ0v) is 12.3. The Morgan fingerprint density at radius 3 is 2.65 bits per heavy atom. The Balaban J connectivity index is 2.12. The van der Waals surface area contributed by atoms with E-state index in [4.69, 9.17) is 9.47 Å². The van der Waals surface area contributed by atoms with Gasteiger partial charge in [0, 0.05) is 0 Å².